The van der Waals surface area contributed by atoms with Crippen molar-refractivity contribution in [3.63, 3.8) is 0 Å². The molecule has 4 rings (SSSR count). The average molecular weight is 319 g/mol. The number of halogens is 1. The van der Waals surface area contributed by atoms with Crippen molar-refractivity contribution in [1.29, 1.82) is 5.26 Å². The summed E-state index contributed by atoms with van der Waals surface area (Å²) in [4.78, 5) is 13.0. The summed E-state index contributed by atoms with van der Waals surface area (Å²) in [6.07, 6.45) is 2.29. The molecule has 0 heterocycles. The Kier molecular flexibility index (Phi) is 3.49. The minimum Gasteiger partial charge on any atom is -0.294 e. The molecule has 2 aliphatic rings. The largest absolute Gasteiger partial charge is 0.294 e. The van der Waals surface area contributed by atoms with Crippen molar-refractivity contribution in [3.05, 3.63) is 59.2 Å². The van der Waals surface area contributed by atoms with Gasteiger partial charge in [0, 0.05) is 11.0 Å². The lowest BCUT2D eigenvalue weighted by Crippen LogP contribution is -2.33. The monoisotopic (exact) mass is 319 g/mol. The number of hydrogen-bond donors (Lipinski definition) is 0. The van der Waals surface area contributed by atoms with Crippen molar-refractivity contribution >= 4 is 5.78 Å². The summed E-state index contributed by atoms with van der Waals surface area (Å²) in [5, 5.41) is 9.06. The number of rotatable bonds is 1. The summed E-state index contributed by atoms with van der Waals surface area (Å²) < 4.78 is 13.5. The normalized spacial score (nSPS) is 25.5. The summed E-state index contributed by atoms with van der Waals surface area (Å²) in [5.41, 5.74) is 3.99. The molecule has 2 nitrogen and oxygen atoms in total. The van der Waals surface area contributed by atoms with E-state index in [1.807, 2.05) is 36.4 Å². The number of nitriles is 1. The van der Waals surface area contributed by atoms with Crippen LogP contribution in [0.5, 0.6) is 0 Å². The first kappa shape index (κ1) is 15.1. The number of fused-ring (bicyclic) bond motifs is 1. The van der Waals surface area contributed by atoms with Crippen molar-refractivity contribution in [2.75, 3.05) is 0 Å². The minimum absolute atomic E-state index is 0.183. The molecular weight excluding hydrogens is 301 g/mol. The summed E-state index contributed by atoms with van der Waals surface area (Å²) in [6, 6.07) is 15.6. The quantitative estimate of drug-likeness (QED) is 0.753. The molecule has 0 aromatic heterocycles. The molecule has 0 radical (unpaired) electrons. The Bertz CT molecular complexity index is 856. The molecule has 0 amide bonds. The lowest BCUT2D eigenvalue weighted by molar-refractivity contribution is 0.0674. The van der Waals surface area contributed by atoms with Crippen LogP contribution < -0.4 is 0 Å². The third-order valence-corrected chi connectivity index (χ3v) is 5.56. The fourth-order valence-corrected chi connectivity index (χ4v) is 4.16. The van der Waals surface area contributed by atoms with Gasteiger partial charge in [-0.3, -0.25) is 4.79 Å². The number of carbonyl (C=O) groups is 1. The van der Waals surface area contributed by atoms with Gasteiger partial charge in [-0.25, -0.2) is 4.39 Å². The first-order chi connectivity index (χ1) is 11.6. The highest BCUT2D eigenvalue weighted by Gasteiger charge is 2.47. The van der Waals surface area contributed by atoms with E-state index < -0.39 is 6.17 Å². The van der Waals surface area contributed by atoms with Gasteiger partial charge in [0.25, 0.3) is 0 Å². The molecule has 120 valence electrons. The van der Waals surface area contributed by atoms with E-state index >= 15 is 0 Å². The molecule has 0 aliphatic heterocycles. The van der Waals surface area contributed by atoms with Gasteiger partial charge in [0.2, 0.25) is 0 Å². The zero-order valence-corrected chi connectivity index (χ0v) is 13.4. The molecule has 1 spiro atoms. The molecule has 0 N–H and O–H groups in total. The van der Waals surface area contributed by atoms with Crippen LogP contribution in [0.25, 0.3) is 11.1 Å². The van der Waals surface area contributed by atoms with Gasteiger partial charge in [-0.15, -0.1) is 0 Å². The number of Topliss-reactive ketones (excluding diaryl/α,β-unsaturated/α-hetero) is 1. The maximum Gasteiger partial charge on any atom is 0.169 e. The van der Waals surface area contributed by atoms with Gasteiger partial charge < -0.3 is 0 Å². The Morgan fingerprint density at radius 1 is 1.08 bits per heavy atom. The van der Waals surface area contributed by atoms with Gasteiger partial charge in [-0.05, 0) is 67.0 Å². The summed E-state index contributed by atoms with van der Waals surface area (Å²) in [7, 11) is 0. The SMILES string of the molecule is N#Cc1cccc(-c2ccc3c(c2)C(=O)C2(CCC(F)CC2)C3)c1. The molecule has 0 saturated heterocycles. The van der Waals surface area contributed by atoms with Gasteiger partial charge in [-0.2, -0.15) is 5.26 Å². The minimum atomic E-state index is -0.753. The van der Waals surface area contributed by atoms with Crippen LogP contribution in [-0.2, 0) is 6.42 Å². The predicted octanol–water partition coefficient (Wildman–Crippen LogP) is 4.86. The maximum atomic E-state index is 13.5. The van der Waals surface area contributed by atoms with E-state index in [1.54, 1.807) is 6.07 Å². The van der Waals surface area contributed by atoms with Crippen LogP contribution in [0.15, 0.2) is 42.5 Å². The van der Waals surface area contributed by atoms with E-state index in [1.165, 1.54) is 0 Å². The molecule has 1 saturated carbocycles. The Hall–Kier alpha value is -2.47. The molecule has 24 heavy (non-hydrogen) atoms. The van der Waals surface area contributed by atoms with E-state index in [-0.39, 0.29) is 11.2 Å². The van der Waals surface area contributed by atoms with E-state index in [4.69, 9.17) is 5.26 Å². The Morgan fingerprint density at radius 2 is 1.83 bits per heavy atom. The average Bonchev–Trinajstić information content (AvgIpc) is 2.89. The molecule has 2 aliphatic carbocycles. The van der Waals surface area contributed by atoms with E-state index in [0.29, 0.717) is 31.2 Å². The number of hydrogen-bond acceptors (Lipinski definition) is 2. The summed E-state index contributed by atoms with van der Waals surface area (Å²) >= 11 is 0. The van der Waals surface area contributed by atoms with Gasteiger partial charge in [-0.1, -0.05) is 24.3 Å². The number of carbonyl (C=O) groups excluding carboxylic acids is 1. The third kappa shape index (κ3) is 2.34. The lowest BCUT2D eigenvalue weighted by Gasteiger charge is -2.33. The predicted molar refractivity (Wildman–Crippen MR) is 90.4 cm³/mol. The molecular formula is C21H18FNO. The smallest absolute Gasteiger partial charge is 0.169 e. The molecule has 0 unspecified atom stereocenters. The van der Waals surface area contributed by atoms with Crippen LogP contribution in [0.3, 0.4) is 0 Å². The second-order valence-corrected chi connectivity index (χ2v) is 7.03. The van der Waals surface area contributed by atoms with Crippen LogP contribution in [0, 0.1) is 16.7 Å². The van der Waals surface area contributed by atoms with E-state index in [9.17, 15) is 9.18 Å². The molecule has 2 aromatic rings. The number of nitrogens with zero attached hydrogens (tertiary/aromatic N) is 1. The van der Waals surface area contributed by atoms with Gasteiger partial charge in [0.1, 0.15) is 6.17 Å². The summed E-state index contributed by atoms with van der Waals surface area (Å²) in [6.45, 7) is 0. The van der Waals surface area contributed by atoms with Crippen molar-refractivity contribution in [2.45, 2.75) is 38.3 Å². The number of benzene rings is 2. The van der Waals surface area contributed by atoms with Crippen molar-refractivity contribution in [1.82, 2.24) is 0 Å². The number of alkyl halides is 1. The molecule has 3 heteroatoms. The van der Waals surface area contributed by atoms with Crippen molar-refractivity contribution in [3.8, 4) is 17.2 Å². The topological polar surface area (TPSA) is 40.9 Å². The first-order valence-electron chi connectivity index (χ1n) is 8.44. The van der Waals surface area contributed by atoms with E-state index in [2.05, 4.69) is 6.07 Å². The van der Waals surface area contributed by atoms with Crippen LogP contribution in [0.1, 0.15) is 47.2 Å². The van der Waals surface area contributed by atoms with Crippen LogP contribution in [-0.4, -0.2) is 12.0 Å². The zero-order chi connectivity index (χ0) is 16.7. The lowest BCUT2D eigenvalue weighted by atomic mass is 9.71. The highest BCUT2D eigenvalue weighted by molar-refractivity contribution is 6.05. The molecule has 2 aromatic carbocycles. The van der Waals surface area contributed by atoms with Gasteiger partial charge in [0.15, 0.2) is 5.78 Å². The molecule has 0 bridgehead atoms. The summed E-state index contributed by atoms with van der Waals surface area (Å²) in [5.74, 6) is 0.183. The third-order valence-electron chi connectivity index (χ3n) is 5.56. The van der Waals surface area contributed by atoms with Gasteiger partial charge >= 0.3 is 0 Å². The number of ketones is 1. The van der Waals surface area contributed by atoms with Crippen molar-refractivity contribution < 1.29 is 9.18 Å². The Balaban J connectivity index is 1.70. The fraction of sp³-hybridized carbons (Fsp3) is 0.333. The van der Waals surface area contributed by atoms with Gasteiger partial charge in [0.05, 0.1) is 11.6 Å². The Morgan fingerprint density at radius 3 is 2.58 bits per heavy atom. The van der Waals surface area contributed by atoms with Crippen LogP contribution in [0.4, 0.5) is 4.39 Å². The van der Waals surface area contributed by atoms with Crippen molar-refractivity contribution in [2.24, 2.45) is 5.41 Å². The van der Waals surface area contributed by atoms with E-state index in [0.717, 1.165) is 28.7 Å². The zero-order valence-electron chi connectivity index (χ0n) is 13.4. The first-order valence-corrected chi connectivity index (χ1v) is 8.44. The maximum absolute atomic E-state index is 13.5. The molecule has 1 fully saturated rings. The highest BCUT2D eigenvalue weighted by atomic mass is 19.1. The Labute approximate surface area is 140 Å². The molecule has 0 atom stereocenters. The highest BCUT2D eigenvalue weighted by Crippen LogP contribution is 2.48. The van der Waals surface area contributed by atoms with Crippen LogP contribution >= 0.6 is 0 Å². The second-order valence-electron chi connectivity index (χ2n) is 7.03. The standard InChI is InChI=1S/C21H18FNO/c22-18-6-8-21(9-7-18)12-17-5-4-16(11-19(17)20(21)24)15-3-1-2-14(10-15)13-23/h1-5,10-11,18H,6-9,12H2. The fourth-order valence-electron chi connectivity index (χ4n) is 4.16. The van der Waals surface area contributed by atoms with Crippen LogP contribution in [0.2, 0.25) is 0 Å². The second kappa shape index (κ2) is 5.56.